The average Bonchev–Trinajstić information content (AvgIpc) is 3.26. The summed E-state index contributed by atoms with van der Waals surface area (Å²) >= 11 is 0. The van der Waals surface area contributed by atoms with E-state index in [2.05, 4.69) is 18.2 Å². The highest BCUT2D eigenvalue weighted by atomic mass is 16.5. The van der Waals surface area contributed by atoms with Crippen molar-refractivity contribution in [2.75, 3.05) is 13.2 Å². The zero-order chi connectivity index (χ0) is 21.2. The summed E-state index contributed by atoms with van der Waals surface area (Å²) in [5.74, 6) is 1.04. The van der Waals surface area contributed by atoms with E-state index in [0.717, 1.165) is 42.4 Å². The van der Waals surface area contributed by atoms with E-state index >= 15 is 0 Å². The molecule has 0 spiro atoms. The van der Waals surface area contributed by atoms with Crippen molar-refractivity contribution >= 4 is 16.9 Å². The van der Waals surface area contributed by atoms with Crippen LogP contribution in [-0.2, 0) is 13.0 Å². The topological polar surface area (TPSA) is 59.8 Å². The molecule has 1 aliphatic heterocycles. The summed E-state index contributed by atoms with van der Waals surface area (Å²) in [6, 6.07) is 15.0. The molecule has 5 rings (SSSR count). The molecule has 1 aliphatic carbocycles. The summed E-state index contributed by atoms with van der Waals surface area (Å²) in [6.45, 7) is 1.77. The molecular formula is C26H25NO4. The molecule has 2 heterocycles. The first-order valence-corrected chi connectivity index (χ1v) is 10.9. The van der Waals surface area contributed by atoms with E-state index < -0.39 is 5.63 Å². The van der Waals surface area contributed by atoms with Crippen molar-refractivity contribution in [1.29, 1.82) is 0 Å². The Morgan fingerprint density at radius 2 is 2.00 bits per heavy atom. The first-order chi connectivity index (χ1) is 15.2. The minimum Gasteiger partial charge on any atom is -0.493 e. The molecule has 0 saturated carbocycles. The van der Waals surface area contributed by atoms with Crippen LogP contribution in [-0.4, -0.2) is 24.0 Å². The summed E-state index contributed by atoms with van der Waals surface area (Å²) in [4.78, 5) is 28.0. The van der Waals surface area contributed by atoms with Gasteiger partial charge in [-0.05, 0) is 54.5 Å². The van der Waals surface area contributed by atoms with Crippen LogP contribution in [0.2, 0.25) is 0 Å². The number of fused-ring (bicyclic) bond motifs is 2. The average molecular weight is 415 g/mol. The Kier molecular flexibility index (Phi) is 5.33. The van der Waals surface area contributed by atoms with Crippen molar-refractivity contribution in [1.82, 2.24) is 4.90 Å². The molecule has 1 atom stereocenters. The molecule has 0 radical (unpaired) electrons. The van der Waals surface area contributed by atoms with E-state index in [4.69, 9.17) is 9.15 Å². The van der Waals surface area contributed by atoms with Gasteiger partial charge in [0.05, 0.1) is 6.61 Å². The maximum Gasteiger partial charge on any atom is 0.349 e. The molecule has 2 aromatic carbocycles. The quantitative estimate of drug-likeness (QED) is 0.447. The fourth-order valence-electron chi connectivity index (χ4n) is 4.49. The van der Waals surface area contributed by atoms with Gasteiger partial charge < -0.3 is 14.1 Å². The van der Waals surface area contributed by atoms with Gasteiger partial charge in [0.1, 0.15) is 16.9 Å². The number of carbonyl (C=O) groups is 1. The van der Waals surface area contributed by atoms with Gasteiger partial charge in [-0.25, -0.2) is 4.79 Å². The number of hydrogen-bond acceptors (Lipinski definition) is 4. The van der Waals surface area contributed by atoms with Crippen LogP contribution in [0.5, 0.6) is 5.75 Å². The highest BCUT2D eigenvalue weighted by Crippen LogP contribution is 2.27. The lowest BCUT2D eigenvalue weighted by Gasteiger charge is -2.28. The Bertz CT molecular complexity index is 1210. The van der Waals surface area contributed by atoms with Crippen LogP contribution in [0, 0.1) is 5.92 Å². The molecule has 158 valence electrons. The van der Waals surface area contributed by atoms with Gasteiger partial charge in [0.2, 0.25) is 0 Å². The molecule has 31 heavy (non-hydrogen) atoms. The van der Waals surface area contributed by atoms with E-state index in [0.29, 0.717) is 31.2 Å². The molecule has 1 unspecified atom stereocenters. The van der Waals surface area contributed by atoms with Crippen LogP contribution in [0.25, 0.3) is 11.0 Å². The zero-order valence-corrected chi connectivity index (χ0v) is 17.4. The Hall–Kier alpha value is -3.34. The smallest absolute Gasteiger partial charge is 0.349 e. The standard InChI is InChI=1S/C26H25NO4/c28-25(22-15-20-8-4-5-9-24(20)31-26(22)29)27(16-18-6-2-1-3-7-18)17-19-10-11-23-21(14-19)12-13-30-23/h1-2,4-5,8-11,14-15,18H,3,6-7,12-13,16-17H2. The lowest BCUT2D eigenvalue weighted by Crippen LogP contribution is -2.37. The summed E-state index contributed by atoms with van der Waals surface area (Å²) in [7, 11) is 0. The third kappa shape index (κ3) is 4.13. The van der Waals surface area contributed by atoms with Crippen molar-refractivity contribution in [3.05, 3.63) is 87.8 Å². The van der Waals surface area contributed by atoms with Gasteiger partial charge in [0.25, 0.3) is 5.91 Å². The molecule has 0 bridgehead atoms. The number of benzene rings is 2. The Morgan fingerprint density at radius 3 is 2.87 bits per heavy atom. The highest BCUT2D eigenvalue weighted by Gasteiger charge is 2.25. The fraction of sp³-hybridized carbons (Fsp3) is 0.308. The third-order valence-electron chi connectivity index (χ3n) is 6.14. The van der Waals surface area contributed by atoms with Gasteiger partial charge in [-0.15, -0.1) is 0 Å². The van der Waals surface area contributed by atoms with Crippen molar-refractivity contribution in [3.63, 3.8) is 0 Å². The third-order valence-corrected chi connectivity index (χ3v) is 6.14. The van der Waals surface area contributed by atoms with Crippen LogP contribution in [0.15, 0.2) is 69.9 Å². The predicted octanol–water partition coefficient (Wildman–Crippen LogP) is 4.73. The van der Waals surface area contributed by atoms with Crippen molar-refractivity contribution in [2.24, 2.45) is 5.92 Å². The molecule has 1 aromatic heterocycles. The van der Waals surface area contributed by atoms with Crippen molar-refractivity contribution < 1.29 is 13.9 Å². The van der Waals surface area contributed by atoms with E-state index in [1.807, 2.05) is 35.2 Å². The number of nitrogens with zero attached hydrogens (tertiary/aromatic N) is 1. The van der Waals surface area contributed by atoms with Gasteiger partial charge in [-0.2, -0.15) is 0 Å². The Balaban J connectivity index is 1.47. The molecule has 2 aliphatic rings. The number of allylic oxidation sites excluding steroid dienone is 2. The molecular weight excluding hydrogens is 390 g/mol. The second-order valence-corrected chi connectivity index (χ2v) is 8.36. The zero-order valence-electron chi connectivity index (χ0n) is 17.4. The van der Waals surface area contributed by atoms with E-state index in [9.17, 15) is 9.59 Å². The molecule has 0 saturated heterocycles. The summed E-state index contributed by atoms with van der Waals surface area (Å²) in [5.41, 5.74) is 2.23. The minimum atomic E-state index is -0.584. The summed E-state index contributed by atoms with van der Waals surface area (Å²) in [5, 5.41) is 0.751. The van der Waals surface area contributed by atoms with E-state index in [1.54, 1.807) is 12.1 Å². The van der Waals surface area contributed by atoms with Gasteiger partial charge in [-0.3, -0.25) is 4.79 Å². The fourth-order valence-corrected chi connectivity index (χ4v) is 4.49. The van der Waals surface area contributed by atoms with Crippen LogP contribution >= 0.6 is 0 Å². The van der Waals surface area contributed by atoms with Crippen molar-refractivity contribution in [3.8, 4) is 5.75 Å². The van der Waals surface area contributed by atoms with E-state index in [1.165, 1.54) is 5.56 Å². The Morgan fingerprint density at radius 1 is 1.10 bits per heavy atom. The lowest BCUT2D eigenvalue weighted by atomic mass is 9.93. The van der Waals surface area contributed by atoms with Crippen LogP contribution < -0.4 is 10.4 Å². The van der Waals surface area contributed by atoms with Crippen LogP contribution in [0.1, 0.15) is 40.7 Å². The van der Waals surface area contributed by atoms with Gasteiger partial charge in [-0.1, -0.05) is 42.5 Å². The highest BCUT2D eigenvalue weighted by molar-refractivity contribution is 5.96. The molecule has 5 heteroatoms. The van der Waals surface area contributed by atoms with Crippen LogP contribution in [0.4, 0.5) is 0 Å². The second kappa shape index (κ2) is 8.42. The Labute approximate surface area is 180 Å². The monoisotopic (exact) mass is 415 g/mol. The lowest BCUT2D eigenvalue weighted by molar-refractivity contribution is 0.0706. The maximum atomic E-state index is 13.5. The first kappa shape index (κ1) is 19.6. The van der Waals surface area contributed by atoms with Gasteiger partial charge >= 0.3 is 5.63 Å². The molecule has 1 amide bonds. The van der Waals surface area contributed by atoms with Crippen LogP contribution in [0.3, 0.4) is 0 Å². The van der Waals surface area contributed by atoms with E-state index in [-0.39, 0.29) is 11.5 Å². The summed E-state index contributed by atoms with van der Waals surface area (Å²) in [6.07, 6.45) is 8.30. The van der Waals surface area contributed by atoms with Gasteiger partial charge in [0.15, 0.2) is 0 Å². The van der Waals surface area contributed by atoms with Crippen molar-refractivity contribution in [2.45, 2.75) is 32.2 Å². The number of carbonyl (C=O) groups excluding carboxylic acids is 1. The first-order valence-electron chi connectivity index (χ1n) is 10.9. The SMILES string of the molecule is O=C(c1cc2ccccc2oc1=O)N(Cc1ccc2c(c1)CCO2)CC1CC=CCC1. The van der Waals surface area contributed by atoms with Gasteiger partial charge in [0, 0.05) is 24.9 Å². The largest absolute Gasteiger partial charge is 0.493 e. The number of hydrogen-bond donors (Lipinski definition) is 0. The predicted molar refractivity (Wildman–Crippen MR) is 119 cm³/mol. The molecule has 0 fully saturated rings. The summed E-state index contributed by atoms with van der Waals surface area (Å²) < 4.78 is 11.0. The molecule has 3 aromatic rings. The number of ether oxygens (including phenoxy) is 1. The normalized spacial score (nSPS) is 17.4. The number of amides is 1. The minimum absolute atomic E-state index is 0.0922. The number of rotatable bonds is 5. The number of para-hydroxylation sites is 1. The second-order valence-electron chi connectivity index (χ2n) is 8.36. The maximum absolute atomic E-state index is 13.5. The molecule has 0 N–H and O–H groups in total. The molecule has 5 nitrogen and oxygen atoms in total.